The number of esters is 1. The monoisotopic (exact) mass is 336 g/mol. The lowest BCUT2D eigenvalue weighted by molar-refractivity contribution is -0.133. The van der Waals surface area contributed by atoms with E-state index in [1.807, 2.05) is 36.4 Å². The number of likely N-dealkylation sites (tertiary alicyclic amines) is 1. The third-order valence-electron chi connectivity index (χ3n) is 5.72. The average Bonchev–Trinajstić information content (AvgIpc) is 3.01. The van der Waals surface area contributed by atoms with Crippen molar-refractivity contribution in [1.29, 1.82) is 0 Å². The Morgan fingerprint density at radius 1 is 1.20 bits per heavy atom. The fraction of sp³-hybridized carbons (Fsp3) is 0.381. The smallest absolute Gasteiger partial charge is 0.315 e. The highest BCUT2D eigenvalue weighted by molar-refractivity contribution is 5.76. The van der Waals surface area contributed by atoms with Crippen LogP contribution in [0, 0.1) is 0 Å². The van der Waals surface area contributed by atoms with Gasteiger partial charge in [-0.25, -0.2) is 0 Å². The highest BCUT2D eigenvalue weighted by atomic mass is 16.5. The third kappa shape index (κ3) is 2.61. The van der Waals surface area contributed by atoms with Crippen molar-refractivity contribution in [3.05, 3.63) is 59.7 Å². The second-order valence-electron chi connectivity index (χ2n) is 7.45. The van der Waals surface area contributed by atoms with Crippen molar-refractivity contribution in [3.8, 4) is 5.75 Å². The summed E-state index contributed by atoms with van der Waals surface area (Å²) in [5.74, 6) is 0.423. The SMILES string of the molecule is CN1CCC2(C)c3cc(OC(=O)Cc4ccccc4)ccc3N(C)C12. The zero-order valence-corrected chi connectivity index (χ0v) is 15.0. The molecule has 4 rings (SSSR count). The van der Waals surface area contributed by atoms with E-state index < -0.39 is 0 Å². The Bertz CT molecular complexity index is 805. The van der Waals surface area contributed by atoms with E-state index >= 15 is 0 Å². The van der Waals surface area contributed by atoms with Crippen LogP contribution in [-0.4, -0.2) is 37.7 Å². The highest BCUT2D eigenvalue weighted by Crippen LogP contribution is 2.51. The summed E-state index contributed by atoms with van der Waals surface area (Å²) in [6.07, 6.45) is 1.78. The van der Waals surface area contributed by atoms with Gasteiger partial charge in [-0.05, 0) is 42.8 Å². The predicted molar refractivity (Wildman–Crippen MR) is 99.0 cm³/mol. The molecule has 0 N–H and O–H groups in total. The molecule has 0 bridgehead atoms. The van der Waals surface area contributed by atoms with Crippen LogP contribution in [0.25, 0.3) is 0 Å². The van der Waals surface area contributed by atoms with Crippen molar-refractivity contribution in [1.82, 2.24) is 4.90 Å². The number of carbonyl (C=O) groups excluding carboxylic acids is 1. The molecule has 0 aromatic heterocycles. The Balaban J connectivity index is 1.56. The van der Waals surface area contributed by atoms with E-state index in [-0.39, 0.29) is 11.4 Å². The number of hydrogen-bond acceptors (Lipinski definition) is 4. The van der Waals surface area contributed by atoms with Crippen LogP contribution < -0.4 is 9.64 Å². The van der Waals surface area contributed by atoms with E-state index in [1.165, 1.54) is 11.3 Å². The Labute approximate surface area is 149 Å². The molecule has 2 aromatic carbocycles. The van der Waals surface area contributed by atoms with Crippen LogP contribution in [-0.2, 0) is 16.6 Å². The highest BCUT2D eigenvalue weighted by Gasteiger charge is 2.52. The summed E-state index contributed by atoms with van der Waals surface area (Å²) in [4.78, 5) is 17.0. The van der Waals surface area contributed by atoms with E-state index in [0.717, 1.165) is 18.5 Å². The topological polar surface area (TPSA) is 32.8 Å². The zero-order chi connectivity index (χ0) is 17.6. The summed E-state index contributed by atoms with van der Waals surface area (Å²) >= 11 is 0. The summed E-state index contributed by atoms with van der Waals surface area (Å²) in [5.41, 5.74) is 3.58. The second-order valence-corrected chi connectivity index (χ2v) is 7.45. The van der Waals surface area contributed by atoms with Gasteiger partial charge in [-0.3, -0.25) is 9.69 Å². The van der Waals surface area contributed by atoms with E-state index in [9.17, 15) is 4.79 Å². The van der Waals surface area contributed by atoms with Gasteiger partial charge in [0, 0.05) is 24.7 Å². The predicted octanol–water partition coefficient (Wildman–Crippen LogP) is 3.20. The summed E-state index contributed by atoms with van der Waals surface area (Å²) in [5, 5.41) is 0. The first kappa shape index (κ1) is 16.2. The molecule has 2 atom stereocenters. The molecular weight excluding hydrogens is 312 g/mol. The van der Waals surface area contributed by atoms with Gasteiger partial charge >= 0.3 is 5.97 Å². The Kier molecular flexibility index (Phi) is 3.80. The number of fused-ring (bicyclic) bond motifs is 3. The molecule has 25 heavy (non-hydrogen) atoms. The van der Waals surface area contributed by atoms with Crippen molar-refractivity contribution in [2.24, 2.45) is 0 Å². The quantitative estimate of drug-likeness (QED) is 0.636. The first-order chi connectivity index (χ1) is 12.0. The van der Waals surface area contributed by atoms with Gasteiger partial charge in [0.25, 0.3) is 0 Å². The van der Waals surface area contributed by atoms with Crippen molar-refractivity contribution in [3.63, 3.8) is 0 Å². The summed E-state index contributed by atoms with van der Waals surface area (Å²) < 4.78 is 5.63. The minimum Gasteiger partial charge on any atom is -0.426 e. The number of hydrogen-bond donors (Lipinski definition) is 0. The van der Waals surface area contributed by atoms with Crippen molar-refractivity contribution >= 4 is 11.7 Å². The number of ether oxygens (including phenoxy) is 1. The van der Waals surface area contributed by atoms with Gasteiger partial charge in [-0.2, -0.15) is 0 Å². The van der Waals surface area contributed by atoms with E-state index in [0.29, 0.717) is 18.3 Å². The normalized spacial score (nSPS) is 24.9. The summed E-state index contributed by atoms with van der Waals surface area (Å²) in [6.45, 7) is 3.40. The van der Waals surface area contributed by atoms with Gasteiger partial charge in [0.05, 0.1) is 12.6 Å². The second kappa shape index (κ2) is 5.88. The molecule has 4 nitrogen and oxygen atoms in total. The standard InChI is InChI=1S/C21H24N2O2/c1-21-11-12-22(2)20(21)23(3)18-10-9-16(14-17(18)21)25-19(24)13-15-7-5-4-6-8-15/h4-10,14,20H,11-13H2,1-3H3. The molecule has 0 saturated carbocycles. The fourth-order valence-corrected chi connectivity index (χ4v) is 4.55. The van der Waals surface area contributed by atoms with Crippen LogP contribution in [0.1, 0.15) is 24.5 Å². The molecular formula is C21H24N2O2. The van der Waals surface area contributed by atoms with Gasteiger partial charge in [0.1, 0.15) is 5.75 Å². The molecule has 1 fully saturated rings. The third-order valence-corrected chi connectivity index (χ3v) is 5.72. The number of rotatable bonds is 3. The number of anilines is 1. The van der Waals surface area contributed by atoms with Crippen LogP contribution in [0.5, 0.6) is 5.75 Å². The molecule has 4 heteroatoms. The molecule has 0 spiro atoms. The zero-order valence-electron chi connectivity index (χ0n) is 15.0. The molecule has 2 aliphatic heterocycles. The van der Waals surface area contributed by atoms with Crippen molar-refractivity contribution < 1.29 is 9.53 Å². The molecule has 0 amide bonds. The first-order valence-corrected chi connectivity index (χ1v) is 8.81. The van der Waals surface area contributed by atoms with Crippen LogP contribution >= 0.6 is 0 Å². The number of carbonyl (C=O) groups is 1. The van der Waals surface area contributed by atoms with Crippen LogP contribution in [0.4, 0.5) is 5.69 Å². The molecule has 2 aliphatic rings. The summed E-state index contributed by atoms with van der Waals surface area (Å²) in [7, 11) is 4.33. The van der Waals surface area contributed by atoms with Crippen molar-refractivity contribution in [2.75, 3.05) is 25.5 Å². The first-order valence-electron chi connectivity index (χ1n) is 8.81. The lowest BCUT2D eigenvalue weighted by atomic mass is 9.81. The minimum atomic E-state index is -0.220. The molecule has 2 unspecified atom stereocenters. The van der Waals surface area contributed by atoms with Gasteiger partial charge in [-0.1, -0.05) is 37.3 Å². The van der Waals surface area contributed by atoms with E-state index in [2.05, 4.69) is 43.0 Å². The Morgan fingerprint density at radius 2 is 1.96 bits per heavy atom. The number of likely N-dealkylation sites (N-methyl/N-ethyl adjacent to an activating group) is 2. The maximum atomic E-state index is 12.3. The molecule has 0 aliphatic carbocycles. The Morgan fingerprint density at radius 3 is 2.72 bits per heavy atom. The van der Waals surface area contributed by atoms with E-state index in [4.69, 9.17) is 4.74 Å². The summed E-state index contributed by atoms with van der Waals surface area (Å²) in [6, 6.07) is 15.8. The molecule has 0 radical (unpaired) electrons. The number of nitrogens with zero attached hydrogens (tertiary/aromatic N) is 2. The van der Waals surface area contributed by atoms with Crippen LogP contribution in [0.15, 0.2) is 48.5 Å². The maximum absolute atomic E-state index is 12.3. The fourth-order valence-electron chi connectivity index (χ4n) is 4.55. The van der Waals surface area contributed by atoms with Gasteiger partial charge in [-0.15, -0.1) is 0 Å². The van der Waals surface area contributed by atoms with Gasteiger partial charge in [0.2, 0.25) is 0 Å². The lowest BCUT2D eigenvalue weighted by Crippen LogP contribution is -2.45. The van der Waals surface area contributed by atoms with Crippen LogP contribution in [0.3, 0.4) is 0 Å². The minimum absolute atomic E-state index is 0.0840. The maximum Gasteiger partial charge on any atom is 0.315 e. The molecule has 1 saturated heterocycles. The van der Waals surface area contributed by atoms with E-state index in [1.54, 1.807) is 0 Å². The lowest BCUT2D eigenvalue weighted by Gasteiger charge is -2.32. The molecule has 2 aromatic rings. The largest absolute Gasteiger partial charge is 0.426 e. The van der Waals surface area contributed by atoms with Gasteiger partial charge in [0.15, 0.2) is 0 Å². The number of benzene rings is 2. The Hall–Kier alpha value is -2.33. The molecule has 2 heterocycles. The van der Waals surface area contributed by atoms with Gasteiger partial charge < -0.3 is 9.64 Å². The molecule has 130 valence electrons. The van der Waals surface area contributed by atoms with Crippen LogP contribution in [0.2, 0.25) is 0 Å². The van der Waals surface area contributed by atoms with Crippen molar-refractivity contribution in [2.45, 2.75) is 31.3 Å². The average molecular weight is 336 g/mol.